The van der Waals surface area contributed by atoms with Crippen LogP contribution in [-0.4, -0.2) is 22.4 Å². The summed E-state index contributed by atoms with van der Waals surface area (Å²) in [7, 11) is 0. The van der Waals surface area contributed by atoms with Gasteiger partial charge in [0.25, 0.3) is 5.56 Å². The molecule has 0 fully saturated rings. The molecule has 1 aromatic carbocycles. The predicted molar refractivity (Wildman–Crippen MR) is 78.2 cm³/mol. The van der Waals surface area contributed by atoms with E-state index in [-0.39, 0.29) is 11.5 Å². The van der Waals surface area contributed by atoms with Crippen LogP contribution in [0.3, 0.4) is 0 Å². The number of fused-ring (bicyclic) bond motifs is 2. The lowest BCUT2D eigenvalue weighted by Gasteiger charge is -2.18. The zero-order valence-electron chi connectivity index (χ0n) is 12.1. The molecule has 0 bridgehead atoms. The molecule has 0 aliphatic carbocycles. The monoisotopic (exact) mass is 271 g/mol. The van der Waals surface area contributed by atoms with Crippen LogP contribution in [0, 0.1) is 6.92 Å². The summed E-state index contributed by atoms with van der Waals surface area (Å²) in [6.45, 7) is 8.11. The Bertz CT molecular complexity index is 790. The lowest BCUT2D eigenvalue weighted by atomic mass is 9.86. The van der Waals surface area contributed by atoms with E-state index < -0.39 is 5.41 Å². The predicted octanol–water partition coefficient (Wildman–Crippen LogP) is 1.88. The van der Waals surface area contributed by atoms with Gasteiger partial charge in [-0.2, -0.15) is 0 Å². The number of carbonyl (C=O) groups excluding carboxylic acids is 1. The first-order valence-corrected chi connectivity index (χ1v) is 6.73. The number of aromatic nitrogens is 2. The van der Waals surface area contributed by atoms with Crippen LogP contribution < -0.4 is 10.5 Å². The maximum Gasteiger partial charge on any atom is 0.258 e. The number of rotatable bonds is 1. The van der Waals surface area contributed by atoms with Gasteiger partial charge in [-0.1, -0.05) is 0 Å². The van der Waals surface area contributed by atoms with Crippen molar-refractivity contribution in [3.05, 3.63) is 33.9 Å². The summed E-state index contributed by atoms with van der Waals surface area (Å²) in [5.41, 5.74) is 1.67. The average molecular weight is 271 g/mol. The number of carbonyl (C=O) groups is 1. The van der Waals surface area contributed by atoms with Gasteiger partial charge in [-0.3, -0.25) is 9.59 Å². The Labute approximate surface area is 116 Å². The van der Waals surface area contributed by atoms with E-state index in [0.717, 1.165) is 11.3 Å². The van der Waals surface area contributed by atoms with Gasteiger partial charge in [-0.25, -0.2) is 4.98 Å². The van der Waals surface area contributed by atoms with Gasteiger partial charge >= 0.3 is 0 Å². The molecule has 20 heavy (non-hydrogen) atoms. The number of likely N-dealkylation sites (N-methyl/N-ethyl adjacent to an activating group) is 1. The minimum Gasteiger partial charge on any atom is -0.312 e. The molecule has 0 saturated carbocycles. The highest BCUT2D eigenvalue weighted by Crippen LogP contribution is 2.42. The van der Waals surface area contributed by atoms with Gasteiger partial charge in [-0.15, -0.1) is 0 Å². The summed E-state index contributed by atoms with van der Waals surface area (Å²) in [6.07, 6.45) is 0. The van der Waals surface area contributed by atoms with Crippen LogP contribution in [0.15, 0.2) is 16.9 Å². The lowest BCUT2D eigenvalue weighted by molar-refractivity contribution is -0.122. The number of nitrogens with one attached hydrogen (secondary N) is 1. The summed E-state index contributed by atoms with van der Waals surface area (Å²) in [6, 6.07) is 3.66. The number of hydrogen-bond donors (Lipinski definition) is 1. The third-order valence-electron chi connectivity index (χ3n) is 4.00. The second kappa shape index (κ2) is 3.91. The Morgan fingerprint density at radius 1 is 1.30 bits per heavy atom. The highest BCUT2D eigenvalue weighted by atomic mass is 16.2. The highest BCUT2D eigenvalue weighted by Gasteiger charge is 2.43. The largest absolute Gasteiger partial charge is 0.312 e. The molecule has 0 spiro atoms. The fourth-order valence-corrected chi connectivity index (χ4v) is 2.89. The summed E-state index contributed by atoms with van der Waals surface area (Å²) >= 11 is 0. The molecule has 0 saturated heterocycles. The van der Waals surface area contributed by atoms with Crippen LogP contribution in [0.4, 0.5) is 5.69 Å². The molecular formula is C15H17N3O2. The molecule has 5 nitrogen and oxygen atoms in total. The van der Waals surface area contributed by atoms with Crippen LogP contribution in [0.5, 0.6) is 0 Å². The van der Waals surface area contributed by atoms with E-state index in [1.165, 1.54) is 0 Å². The van der Waals surface area contributed by atoms with E-state index in [2.05, 4.69) is 9.97 Å². The van der Waals surface area contributed by atoms with Crippen LogP contribution in [0.1, 0.15) is 32.2 Å². The maximum atomic E-state index is 12.5. The summed E-state index contributed by atoms with van der Waals surface area (Å²) in [5, 5.41) is 0.526. The molecule has 0 unspecified atom stereocenters. The molecule has 1 amide bonds. The standard InChI is InChI=1S/C15H17N3O2/c1-5-18-12-6-9-11(16-8(2)17-13(9)19)7-10(12)15(3,4)14(18)20/h6-7H,5H2,1-4H3,(H,16,17,19). The van der Waals surface area contributed by atoms with Gasteiger partial charge in [0, 0.05) is 12.2 Å². The number of H-pyrrole nitrogens is 1. The minimum atomic E-state index is -0.572. The van der Waals surface area contributed by atoms with Crippen LogP contribution in [0.25, 0.3) is 10.9 Å². The first-order valence-electron chi connectivity index (χ1n) is 6.73. The molecule has 0 atom stereocenters. The molecule has 2 heterocycles. The molecule has 1 aromatic heterocycles. The van der Waals surface area contributed by atoms with Crippen molar-refractivity contribution in [1.29, 1.82) is 0 Å². The zero-order valence-corrected chi connectivity index (χ0v) is 12.1. The van der Waals surface area contributed by atoms with Crippen LogP contribution in [-0.2, 0) is 10.2 Å². The van der Waals surface area contributed by atoms with E-state index in [1.807, 2.05) is 26.8 Å². The van der Waals surface area contributed by atoms with Gasteiger partial charge in [0.15, 0.2) is 0 Å². The maximum absolute atomic E-state index is 12.5. The highest BCUT2D eigenvalue weighted by molar-refractivity contribution is 6.09. The van der Waals surface area contributed by atoms with Crippen molar-refractivity contribution >= 4 is 22.5 Å². The van der Waals surface area contributed by atoms with E-state index in [0.29, 0.717) is 23.3 Å². The first-order chi connectivity index (χ1) is 9.36. The quantitative estimate of drug-likeness (QED) is 0.861. The Balaban J connectivity index is 2.41. The first kappa shape index (κ1) is 12.8. The summed E-state index contributed by atoms with van der Waals surface area (Å²) in [4.78, 5) is 33.3. The third-order valence-corrected chi connectivity index (χ3v) is 4.00. The Morgan fingerprint density at radius 2 is 2.00 bits per heavy atom. The van der Waals surface area contributed by atoms with Gasteiger partial charge in [-0.05, 0) is 45.4 Å². The number of aromatic amines is 1. The van der Waals surface area contributed by atoms with E-state index >= 15 is 0 Å². The topological polar surface area (TPSA) is 66.1 Å². The molecule has 1 N–H and O–H groups in total. The average Bonchev–Trinajstić information content (AvgIpc) is 2.56. The minimum absolute atomic E-state index is 0.0680. The second-order valence-electron chi connectivity index (χ2n) is 5.71. The Hall–Kier alpha value is -2.17. The summed E-state index contributed by atoms with van der Waals surface area (Å²) in [5.74, 6) is 0.649. The summed E-state index contributed by atoms with van der Waals surface area (Å²) < 4.78 is 0. The second-order valence-corrected chi connectivity index (χ2v) is 5.71. The number of anilines is 1. The fourth-order valence-electron chi connectivity index (χ4n) is 2.89. The molecule has 104 valence electrons. The number of aryl methyl sites for hydroxylation is 1. The Kier molecular flexibility index (Phi) is 2.51. The molecule has 2 aromatic rings. The van der Waals surface area contributed by atoms with E-state index in [9.17, 15) is 9.59 Å². The zero-order chi connectivity index (χ0) is 14.7. The van der Waals surface area contributed by atoms with Gasteiger partial charge in [0.05, 0.1) is 16.3 Å². The molecular weight excluding hydrogens is 254 g/mol. The fraction of sp³-hybridized carbons (Fsp3) is 0.400. The number of benzene rings is 1. The van der Waals surface area contributed by atoms with Crippen molar-refractivity contribution < 1.29 is 4.79 Å². The molecule has 1 aliphatic heterocycles. The van der Waals surface area contributed by atoms with Crippen LogP contribution in [0.2, 0.25) is 0 Å². The normalized spacial score (nSPS) is 16.8. The van der Waals surface area contributed by atoms with Crippen molar-refractivity contribution in [2.45, 2.75) is 33.1 Å². The van der Waals surface area contributed by atoms with Crippen LogP contribution >= 0.6 is 0 Å². The smallest absolute Gasteiger partial charge is 0.258 e. The lowest BCUT2D eigenvalue weighted by Crippen LogP contribution is -2.35. The number of amides is 1. The van der Waals surface area contributed by atoms with E-state index in [4.69, 9.17) is 0 Å². The SMILES string of the molecule is CCN1C(=O)C(C)(C)c2cc3nc(C)[nH]c(=O)c3cc21. The number of nitrogens with zero attached hydrogens (tertiary/aromatic N) is 2. The molecule has 5 heteroatoms. The van der Waals surface area contributed by atoms with Crippen molar-refractivity contribution in [2.75, 3.05) is 11.4 Å². The number of hydrogen-bond acceptors (Lipinski definition) is 3. The molecule has 0 radical (unpaired) electrons. The third kappa shape index (κ3) is 1.52. The van der Waals surface area contributed by atoms with Gasteiger partial charge in [0.1, 0.15) is 5.82 Å². The Morgan fingerprint density at radius 3 is 2.65 bits per heavy atom. The van der Waals surface area contributed by atoms with Gasteiger partial charge in [0.2, 0.25) is 5.91 Å². The van der Waals surface area contributed by atoms with Crippen molar-refractivity contribution in [2.24, 2.45) is 0 Å². The van der Waals surface area contributed by atoms with Crippen molar-refractivity contribution in [3.63, 3.8) is 0 Å². The van der Waals surface area contributed by atoms with E-state index in [1.54, 1.807) is 17.9 Å². The van der Waals surface area contributed by atoms with Gasteiger partial charge < -0.3 is 9.88 Å². The molecule has 3 rings (SSSR count). The molecule has 1 aliphatic rings. The van der Waals surface area contributed by atoms with Crippen molar-refractivity contribution in [3.8, 4) is 0 Å². The van der Waals surface area contributed by atoms with Crippen molar-refractivity contribution in [1.82, 2.24) is 9.97 Å².